The Bertz CT molecular complexity index is 905. The zero-order valence-electron chi connectivity index (χ0n) is 15.5. The van der Waals surface area contributed by atoms with Crippen LogP contribution in [0.4, 0.5) is 8.78 Å². The molecule has 0 unspecified atom stereocenters. The Morgan fingerprint density at radius 3 is 2.59 bits per heavy atom. The Morgan fingerprint density at radius 1 is 1.15 bits per heavy atom. The maximum Gasteiger partial charge on any atom is 0.309 e. The second-order valence-corrected chi connectivity index (χ2v) is 7.04. The molecule has 0 aromatic heterocycles. The number of alkyl halides is 1. The first-order valence-corrected chi connectivity index (χ1v) is 8.84. The van der Waals surface area contributed by atoms with Crippen LogP contribution in [0.5, 0.6) is 0 Å². The normalized spacial score (nSPS) is 22.9. The number of halogens is 2. The molecule has 1 saturated heterocycles. The Hall–Kier alpha value is -2.53. The molecule has 27 heavy (non-hydrogen) atoms. The third-order valence-electron chi connectivity index (χ3n) is 4.78. The monoisotopic (exact) mass is 372 g/mol. The van der Waals surface area contributed by atoms with E-state index in [0.29, 0.717) is 5.56 Å². The highest BCUT2D eigenvalue weighted by molar-refractivity contribution is 5.78. The van der Waals surface area contributed by atoms with Gasteiger partial charge in [0.15, 0.2) is 12.3 Å². The van der Waals surface area contributed by atoms with Crippen LogP contribution >= 0.6 is 0 Å². The molecule has 0 saturated carbocycles. The van der Waals surface area contributed by atoms with Gasteiger partial charge >= 0.3 is 5.97 Å². The molecule has 2 aromatic carbocycles. The molecule has 142 valence electrons. The van der Waals surface area contributed by atoms with Crippen LogP contribution in [0.3, 0.4) is 0 Å². The van der Waals surface area contributed by atoms with Gasteiger partial charge in [0.2, 0.25) is 0 Å². The number of aryl methyl sites for hydroxylation is 3. The van der Waals surface area contributed by atoms with Gasteiger partial charge in [-0.1, -0.05) is 29.8 Å². The Morgan fingerprint density at radius 2 is 1.89 bits per heavy atom. The molecular formula is C22H22F2O3. The van der Waals surface area contributed by atoms with Crippen LogP contribution in [0.15, 0.2) is 36.4 Å². The summed E-state index contributed by atoms with van der Waals surface area (Å²) >= 11 is 0. The van der Waals surface area contributed by atoms with E-state index in [0.717, 1.165) is 27.8 Å². The molecule has 0 radical (unpaired) electrons. The van der Waals surface area contributed by atoms with Gasteiger partial charge in [-0.15, -0.1) is 0 Å². The minimum atomic E-state index is -1.67. The van der Waals surface area contributed by atoms with Gasteiger partial charge in [0, 0.05) is 0 Å². The average molecular weight is 372 g/mol. The van der Waals surface area contributed by atoms with Crippen LogP contribution in [0.1, 0.15) is 28.7 Å². The van der Waals surface area contributed by atoms with E-state index < -0.39 is 24.3 Å². The van der Waals surface area contributed by atoms with Gasteiger partial charge in [-0.2, -0.15) is 0 Å². The summed E-state index contributed by atoms with van der Waals surface area (Å²) < 4.78 is 32.9. The Labute approximate surface area is 157 Å². The number of aliphatic hydroxyl groups is 1. The zero-order chi connectivity index (χ0) is 19.7. The minimum Gasteiger partial charge on any atom is -0.455 e. The van der Waals surface area contributed by atoms with Crippen molar-refractivity contribution in [3.63, 3.8) is 0 Å². The van der Waals surface area contributed by atoms with E-state index in [1.54, 1.807) is 25.1 Å². The average Bonchev–Trinajstić information content (AvgIpc) is 2.60. The highest BCUT2D eigenvalue weighted by atomic mass is 19.1. The highest BCUT2D eigenvalue weighted by Crippen LogP contribution is 2.31. The first kappa shape index (κ1) is 19.2. The zero-order valence-corrected chi connectivity index (χ0v) is 15.5. The lowest BCUT2D eigenvalue weighted by atomic mass is 9.92. The molecule has 0 amide bonds. The molecule has 3 rings (SSSR count). The van der Waals surface area contributed by atoms with Crippen LogP contribution in [-0.2, 0) is 9.53 Å². The SMILES string of the molecule is Cc1cc(C)c(C=C[C@H]2OC(=O)C[C@H](O)[C@H]2F)c(-c2ccc(F)c(C)c2)c1. The summed E-state index contributed by atoms with van der Waals surface area (Å²) in [6, 6.07) is 8.87. The summed E-state index contributed by atoms with van der Waals surface area (Å²) in [6.45, 7) is 5.60. The molecule has 3 atom stereocenters. The predicted octanol–water partition coefficient (Wildman–Crippen LogP) is 4.45. The third-order valence-corrected chi connectivity index (χ3v) is 4.78. The molecule has 1 aliphatic heterocycles. The van der Waals surface area contributed by atoms with E-state index in [4.69, 9.17) is 4.74 Å². The van der Waals surface area contributed by atoms with Gasteiger partial charge in [-0.25, -0.2) is 8.78 Å². The number of carbonyl (C=O) groups excluding carboxylic acids is 1. The van der Waals surface area contributed by atoms with Crippen LogP contribution in [0.2, 0.25) is 0 Å². The molecule has 1 heterocycles. The van der Waals surface area contributed by atoms with Crippen molar-refractivity contribution in [1.29, 1.82) is 0 Å². The van der Waals surface area contributed by atoms with Crippen molar-refractivity contribution in [1.82, 2.24) is 0 Å². The molecule has 3 nitrogen and oxygen atoms in total. The lowest BCUT2D eigenvalue weighted by Crippen LogP contribution is -2.42. The molecular weight excluding hydrogens is 350 g/mol. The first-order chi connectivity index (χ1) is 12.8. The van der Waals surface area contributed by atoms with Gasteiger partial charge in [0.1, 0.15) is 5.82 Å². The van der Waals surface area contributed by atoms with E-state index in [9.17, 15) is 18.7 Å². The summed E-state index contributed by atoms with van der Waals surface area (Å²) in [4.78, 5) is 11.5. The number of cyclic esters (lactones) is 1. The standard InChI is InChI=1S/C22H22F2O3/c1-12-8-13(2)16(5-7-20-22(24)19(25)11-21(26)27-20)17(9-12)15-4-6-18(23)14(3)10-15/h4-10,19-20,22,25H,11H2,1-3H3/t19-,20+,22+/m0/s1. The fourth-order valence-corrected chi connectivity index (χ4v) is 3.35. The van der Waals surface area contributed by atoms with E-state index in [-0.39, 0.29) is 12.2 Å². The highest BCUT2D eigenvalue weighted by Gasteiger charge is 2.36. The van der Waals surface area contributed by atoms with Crippen molar-refractivity contribution in [2.45, 2.75) is 45.6 Å². The lowest BCUT2D eigenvalue weighted by molar-refractivity contribution is -0.164. The quantitative estimate of drug-likeness (QED) is 0.810. The predicted molar refractivity (Wildman–Crippen MR) is 100 cm³/mol. The molecule has 1 aliphatic rings. The molecule has 5 heteroatoms. The van der Waals surface area contributed by atoms with Crippen molar-refractivity contribution in [3.8, 4) is 11.1 Å². The first-order valence-electron chi connectivity index (χ1n) is 8.84. The second kappa shape index (κ2) is 7.61. The van der Waals surface area contributed by atoms with Crippen LogP contribution in [0, 0.1) is 26.6 Å². The van der Waals surface area contributed by atoms with Crippen molar-refractivity contribution in [2.75, 3.05) is 0 Å². The lowest BCUT2D eigenvalue weighted by Gasteiger charge is -2.27. The second-order valence-electron chi connectivity index (χ2n) is 7.04. The van der Waals surface area contributed by atoms with Crippen LogP contribution in [-0.4, -0.2) is 29.5 Å². The molecule has 1 fully saturated rings. The smallest absolute Gasteiger partial charge is 0.309 e. The molecule has 0 aliphatic carbocycles. The number of benzene rings is 2. The number of hydrogen-bond donors (Lipinski definition) is 1. The largest absolute Gasteiger partial charge is 0.455 e. The number of hydrogen-bond acceptors (Lipinski definition) is 3. The third kappa shape index (κ3) is 4.08. The van der Waals surface area contributed by atoms with Gasteiger partial charge in [0.25, 0.3) is 0 Å². The van der Waals surface area contributed by atoms with Crippen LogP contribution < -0.4 is 0 Å². The minimum absolute atomic E-state index is 0.274. The topological polar surface area (TPSA) is 46.5 Å². The number of rotatable bonds is 3. The fraction of sp³-hybridized carbons (Fsp3) is 0.318. The Balaban J connectivity index is 2.02. The maximum absolute atomic E-state index is 14.2. The molecule has 0 spiro atoms. The molecule has 0 bridgehead atoms. The van der Waals surface area contributed by atoms with E-state index >= 15 is 0 Å². The summed E-state index contributed by atoms with van der Waals surface area (Å²) in [5.74, 6) is -0.898. The number of esters is 1. The van der Waals surface area contributed by atoms with Gasteiger partial charge in [-0.05, 0) is 66.8 Å². The summed E-state index contributed by atoms with van der Waals surface area (Å²) in [5.41, 5.74) is 5.10. The number of aliphatic hydroxyl groups excluding tert-OH is 1. The number of ether oxygens (including phenoxy) is 1. The summed E-state index contributed by atoms with van der Waals surface area (Å²) in [7, 11) is 0. The maximum atomic E-state index is 14.2. The van der Waals surface area contributed by atoms with Gasteiger partial charge < -0.3 is 9.84 Å². The Kier molecular flexibility index (Phi) is 5.42. The van der Waals surface area contributed by atoms with Crippen molar-refractivity contribution in [2.24, 2.45) is 0 Å². The van der Waals surface area contributed by atoms with E-state index in [1.165, 1.54) is 12.1 Å². The van der Waals surface area contributed by atoms with Crippen molar-refractivity contribution >= 4 is 12.0 Å². The van der Waals surface area contributed by atoms with E-state index in [1.807, 2.05) is 26.0 Å². The molecule has 2 aromatic rings. The molecule has 1 N–H and O–H groups in total. The summed E-state index contributed by atoms with van der Waals surface area (Å²) in [6.07, 6.45) is -1.34. The van der Waals surface area contributed by atoms with Gasteiger partial charge in [0.05, 0.1) is 12.5 Å². The van der Waals surface area contributed by atoms with E-state index in [2.05, 4.69) is 0 Å². The summed E-state index contributed by atoms with van der Waals surface area (Å²) in [5, 5.41) is 9.65. The van der Waals surface area contributed by atoms with Crippen LogP contribution in [0.25, 0.3) is 17.2 Å². The number of carbonyl (C=O) groups is 1. The van der Waals surface area contributed by atoms with Crippen molar-refractivity contribution < 1.29 is 23.4 Å². The van der Waals surface area contributed by atoms with Crippen molar-refractivity contribution in [3.05, 3.63) is 64.5 Å². The fourth-order valence-electron chi connectivity index (χ4n) is 3.35. The van der Waals surface area contributed by atoms with Gasteiger partial charge in [-0.3, -0.25) is 4.79 Å².